The summed E-state index contributed by atoms with van der Waals surface area (Å²) in [6.07, 6.45) is 1.13. The number of rotatable bonds is 3. The van der Waals surface area contributed by atoms with Crippen molar-refractivity contribution < 1.29 is 14.7 Å². The third-order valence-corrected chi connectivity index (χ3v) is 3.22. The summed E-state index contributed by atoms with van der Waals surface area (Å²) in [5.41, 5.74) is 7.92. The molecule has 0 fully saturated rings. The van der Waals surface area contributed by atoms with Gasteiger partial charge in [0, 0.05) is 24.8 Å². The molecule has 1 unspecified atom stereocenters. The van der Waals surface area contributed by atoms with Crippen LogP contribution in [0.5, 0.6) is 0 Å². The van der Waals surface area contributed by atoms with Crippen molar-refractivity contribution in [1.29, 1.82) is 0 Å². The van der Waals surface area contributed by atoms with Crippen LogP contribution in [0.4, 0.5) is 11.4 Å². The molecule has 0 aliphatic carbocycles. The van der Waals surface area contributed by atoms with Crippen LogP contribution < -0.4 is 16.0 Å². The van der Waals surface area contributed by atoms with Crippen LogP contribution >= 0.6 is 0 Å². The van der Waals surface area contributed by atoms with Crippen molar-refractivity contribution in [2.75, 3.05) is 23.9 Å². The van der Waals surface area contributed by atoms with Crippen molar-refractivity contribution in [3.63, 3.8) is 0 Å². The molecule has 0 bridgehead atoms. The van der Waals surface area contributed by atoms with Gasteiger partial charge < -0.3 is 21.1 Å². The zero-order valence-electron chi connectivity index (χ0n) is 10.7. The lowest BCUT2D eigenvalue weighted by molar-refractivity contribution is -0.119. The van der Waals surface area contributed by atoms with Crippen LogP contribution in [0.25, 0.3) is 0 Å². The average Bonchev–Trinajstić information content (AvgIpc) is 2.42. The highest BCUT2D eigenvalue weighted by Gasteiger charge is 2.21. The molecular formula is C13H17N3O3. The topological polar surface area (TPSA) is 95.7 Å². The summed E-state index contributed by atoms with van der Waals surface area (Å²) in [5.74, 6) is -0.339. The number of anilines is 2. The van der Waals surface area contributed by atoms with Gasteiger partial charge in [-0.05, 0) is 30.2 Å². The molecule has 0 aromatic heterocycles. The van der Waals surface area contributed by atoms with E-state index in [0.29, 0.717) is 18.5 Å². The molecule has 1 heterocycles. The van der Waals surface area contributed by atoms with Gasteiger partial charge in [0.2, 0.25) is 11.8 Å². The maximum Gasteiger partial charge on any atom is 0.243 e. The highest BCUT2D eigenvalue weighted by molar-refractivity contribution is 5.98. The largest absolute Gasteiger partial charge is 0.394 e. The molecular weight excluding hydrogens is 246 g/mol. The molecule has 1 aromatic carbocycles. The number of nitrogens with two attached hydrogens (primary N) is 1. The first kappa shape index (κ1) is 13.5. The summed E-state index contributed by atoms with van der Waals surface area (Å²) in [5, 5.41) is 11.5. The molecule has 2 rings (SSSR count). The molecule has 0 radical (unpaired) electrons. The summed E-state index contributed by atoms with van der Waals surface area (Å²) in [4.78, 5) is 24.7. The number of nitrogens with zero attached hydrogens (tertiary/aromatic N) is 1. The Kier molecular flexibility index (Phi) is 3.82. The van der Waals surface area contributed by atoms with Crippen molar-refractivity contribution in [2.24, 2.45) is 5.73 Å². The van der Waals surface area contributed by atoms with Gasteiger partial charge in [0.25, 0.3) is 0 Å². The number of amides is 2. The third kappa shape index (κ3) is 2.74. The van der Waals surface area contributed by atoms with E-state index in [-0.39, 0.29) is 5.91 Å². The summed E-state index contributed by atoms with van der Waals surface area (Å²) in [6.45, 7) is -0.395. The fourth-order valence-electron chi connectivity index (χ4n) is 2.05. The van der Waals surface area contributed by atoms with E-state index in [9.17, 15) is 9.59 Å². The Balaban J connectivity index is 2.18. The predicted octanol–water partition coefficient (Wildman–Crippen LogP) is -0.146. The van der Waals surface area contributed by atoms with Crippen LogP contribution in [0.2, 0.25) is 0 Å². The molecule has 1 aromatic rings. The number of carbonyl (C=O) groups is 2. The first-order valence-electron chi connectivity index (χ1n) is 6.09. The standard InChI is InChI=1S/C13H17N3O3/c1-16-11-4-3-9(15-13(19)10(14)7-17)6-8(11)2-5-12(16)18/h3-4,6,10,17H,2,5,7,14H2,1H3,(H,15,19). The quantitative estimate of drug-likeness (QED) is 0.707. The van der Waals surface area contributed by atoms with E-state index in [2.05, 4.69) is 5.32 Å². The van der Waals surface area contributed by atoms with Crippen LogP contribution in [-0.2, 0) is 16.0 Å². The Labute approximate surface area is 111 Å². The number of benzene rings is 1. The smallest absolute Gasteiger partial charge is 0.243 e. The summed E-state index contributed by atoms with van der Waals surface area (Å²) in [6, 6.07) is 4.42. The number of fused-ring (bicyclic) bond motifs is 1. The van der Waals surface area contributed by atoms with Gasteiger partial charge in [-0.25, -0.2) is 0 Å². The van der Waals surface area contributed by atoms with Crippen molar-refractivity contribution in [3.05, 3.63) is 23.8 Å². The number of aryl methyl sites for hydroxylation is 1. The van der Waals surface area contributed by atoms with Crippen molar-refractivity contribution in [2.45, 2.75) is 18.9 Å². The third-order valence-electron chi connectivity index (χ3n) is 3.22. The minimum Gasteiger partial charge on any atom is -0.394 e. The Morgan fingerprint density at radius 2 is 2.26 bits per heavy atom. The van der Waals surface area contributed by atoms with Crippen molar-refractivity contribution in [1.82, 2.24) is 0 Å². The molecule has 4 N–H and O–H groups in total. The fourth-order valence-corrected chi connectivity index (χ4v) is 2.05. The molecule has 0 saturated carbocycles. The Morgan fingerprint density at radius 1 is 1.53 bits per heavy atom. The summed E-state index contributed by atoms with van der Waals surface area (Å²) >= 11 is 0. The van der Waals surface area contributed by atoms with Gasteiger partial charge in [-0.1, -0.05) is 0 Å². The van der Waals surface area contributed by atoms with E-state index in [1.165, 1.54) is 0 Å². The van der Waals surface area contributed by atoms with Gasteiger partial charge in [0.05, 0.1) is 6.61 Å². The highest BCUT2D eigenvalue weighted by atomic mass is 16.3. The van der Waals surface area contributed by atoms with E-state index in [0.717, 1.165) is 11.3 Å². The van der Waals surface area contributed by atoms with E-state index in [4.69, 9.17) is 10.8 Å². The monoisotopic (exact) mass is 263 g/mol. The molecule has 1 aliphatic rings. The van der Waals surface area contributed by atoms with Gasteiger partial charge in [-0.3, -0.25) is 9.59 Å². The normalized spacial score (nSPS) is 15.9. The molecule has 6 heteroatoms. The van der Waals surface area contributed by atoms with Crippen molar-refractivity contribution >= 4 is 23.2 Å². The molecule has 1 aliphatic heterocycles. The summed E-state index contributed by atoms with van der Waals surface area (Å²) in [7, 11) is 1.74. The van der Waals surface area contributed by atoms with E-state index in [1.54, 1.807) is 24.1 Å². The lowest BCUT2D eigenvalue weighted by Gasteiger charge is -2.26. The number of nitrogens with one attached hydrogen (secondary N) is 1. The number of aliphatic hydroxyl groups is 1. The Morgan fingerprint density at radius 3 is 2.95 bits per heavy atom. The highest BCUT2D eigenvalue weighted by Crippen LogP contribution is 2.29. The second kappa shape index (κ2) is 5.38. The van der Waals surface area contributed by atoms with Crippen LogP contribution in [0.15, 0.2) is 18.2 Å². The van der Waals surface area contributed by atoms with Crippen LogP contribution in [0.1, 0.15) is 12.0 Å². The fraction of sp³-hybridized carbons (Fsp3) is 0.385. The van der Waals surface area contributed by atoms with E-state index in [1.807, 2.05) is 6.07 Å². The maximum atomic E-state index is 11.6. The van der Waals surface area contributed by atoms with Crippen LogP contribution in [-0.4, -0.2) is 36.6 Å². The van der Waals surface area contributed by atoms with Gasteiger partial charge in [0.15, 0.2) is 0 Å². The first-order valence-corrected chi connectivity index (χ1v) is 6.09. The Hall–Kier alpha value is -1.92. The molecule has 1 atom stereocenters. The van der Waals surface area contributed by atoms with Gasteiger partial charge in [-0.15, -0.1) is 0 Å². The molecule has 0 saturated heterocycles. The SMILES string of the molecule is CN1C(=O)CCc2cc(NC(=O)C(N)CO)ccc21. The minimum absolute atomic E-state index is 0.0894. The molecule has 6 nitrogen and oxygen atoms in total. The zero-order chi connectivity index (χ0) is 14.0. The van der Waals surface area contributed by atoms with Crippen LogP contribution in [0, 0.1) is 0 Å². The number of aliphatic hydroxyl groups excluding tert-OH is 1. The summed E-state index contributed by atoms with van der Waals surface area (Å²) < 4.78 is 0. The van der Waals surface area contributed by atoms with Crippen LogP contribution in [0.3, 0.4) is 0 Å². The second-order valence-corrected chi connectivity index (χ2v) is 4.57. The molecule has 0 spiro atoms. The predicted molar refractivity (Wildman–Crippen MR) is 71.9 cm³/mol. The molecule has 2 amide bonds. The van der Waals surface area contributed by atoms with Gasteiger partial charge in [-0.2, -0.15) is 0 Å². The van der Waals surface area contributed by atoms with E-state index < -0.39 is 18.6 Å². The van der Waals surface area contributed by atoms with Crippen molar-refractivity contribution in [3.8, 4) is 0 Å². The lowest BCUT2D eigenvalue weighted by Crippen LogP contribution is -2.38. The number of carbonyl (C=O) groups excluding carboxylic acids is 2. The molecule has 102 valence electrons. The zero-order valence-corrected chi connectivity index (χ0v) is 10.7. The van der Waals surface area contributed by atoms with E-state index >= 15 is 0 Å². The second-order valence-electron chi connectivity index (χ2n) is 4.57. The van der Waals surface area contributed by atoms with Gasteiger partial charge in [0.1, 0.15) is 6.04 Å². The minimum atomic E-state index is -0.930. The average molecular weight is 263 g/mol. The first-order chi connectivity index (χ1) is 9.02. The number of hydrogen-bond donors (Lipinski definition) is 3. The maximum absolute atomic E-state index is 11.6. The lowest BCUT2D eigenvalue weighted by atomic mass is 10.0. The van der Waals surface area contributed by atoms with Gasteiger partial charge >= 0.3 is 0 Å². The Bertz CT molecular complexity index is 516. The number of hydrogen-bond acceptors (Lipinski definition) is 4. The molecule has 19 heavy (non-hydrogen) atoms.